The van der Waals surface area contributed by atoms with Gasteiger partial charge < -0.3 is 4.43 Å². The second kappa shape index (κ2) is 12.4. The summed E-state index contributed by atoms with van der Waals surface area (Å²) >= 11 is 0. The molecule has 3 atom stereocenters. The van der Waals surface area contributed by atoms with Crippen molar-refractivity contribution in [1.82, 2.24) is 0 Å². The molecule has 1 nitrogen and oxygen atoms in total. The molecule has 0 saturated carbocycles. The van der Waals surface area contributed by atoms with Gasteiger partial charge in [0, 0.05) is 6.42 Å². The van der Waals surface area contributed by atoms with Gasteiger partial charge >= 0.3 is 0 Å². The topological polar surface area (TPSA) is 9.23 Å². The van der Waals surface area contributed by atoms with Crippen molar-refractivity contribution in [2.75, 3.05) is 0 Å². The van der Waals surface area contributed by atoms with Gasteiger partial charge in [-0.15, -0.1) is 5.73 Å². The predicted octanol–water partition coefficient (Wildman–Crippen LogP) is 8.70. The van der Waals surface area contributed by atoms with Crippen LogP contribution in [-0.4, -0.2) is 13.9 Å². The second-order valence-electron chi connectivity index (χ2n) is 13.5. The van der Waals surface area contributed by atoms with Crippen molar-refractivity contribution in [3.05, 3.63) is 131 Å². The standard InChI is InChI=1S/C41H46OSi/c1-32(37-26-15-27-39-38-25-12-11-18-33(38)31-40(37)39)17-16-30-41(28-13-14-29-41)42-43(34-19-5-2-6-20-34,35-21-7-3-8-22-35)36-23-9-4-10-24-36/h2-10,13,19-24,29,32,37H,11-12,15-18,25-28,30-31H2,1H3. The predicted molar refractivity (Wildman–Crippen MR) is 183 cm³/mol. The van der Waals surface area contributed by atoms with Crippen molar-refractivity contribution >= 4 is 23.9 Å². The fourth-order valence-corrected chi connectivity index (χ4v) is 12.9. The van der Waals surface area contributed by atoms with Gasteiger partial charge in [-0.3, -0.25) is 0 Å². The molecule has 4 aliphatic carbocycles. The van der Waals surface area contributed by atoms with Gasteiger partial charge in [0.1, 0.15) is 0 Å². The van der Waals surface area contributed by atoms with Gasteiger partial charge in [-0.1, -0.05) is 115 Å². The number of hydrogen-bond acceptors (Lipinski definition) is 1. The summed E-state index contributed by atoms with van der Waals surface area (Å²) in [6.45, 7) is 2.55. The Morgan fingerprint density at radius 3 is 2.00 bits per heavy atom. The van der Waals surface area contributed by atoms with Crippen LogP contribution in [0, 0.1) is 11.8 Å². The normalized spacial score (nSPS) is 23.9. The second-order valence-corrected chi connectivity index (χ2v) is 16.8. The lowest BCUT2D eigenvalue weighted by molar-refractivity contribution is 0.109. The van der Waals surface area contributed by atoms with Crippen LogP contribution in [0.15, 0.2) is 131 Å². The van der Waals surface area contributed by atoms with E-state index in [9.17, 15) is 0 Å². The molecular weight excluding hydrogens is 537 g/mol. The Morgan fingerprint density at radius 2 is 1.40 bits per heavy atom. The van der Waals surface area contributed by atoms with Crippen LogP contribution in [-0.2, 0) is 4.43 Å². The van der Waals surface area contributed by atoms with Gasteiger partial charge in [-0.2, -0.15) is 0 Å². The average molecular weight is 583 g/mol. The van der Waals surface area contributed by atoms with Gasteiger partial charge in [0.2, 0.25) is 0 Å². The molecule has 7 rings (SSSR count). The summed E-state index contributed by atoms with van der Waals surface area (Å²) in [4.78, 5) is 0. The minimum absolute atomic E-state index is 0.335. The molecule has 220 valence electrons. The van der Waals surface area contributed by atoms with Crippen molar-refractivity contribution < 1.29 is 4.43 Å². The molecule has 0 aromatic heterocycles. The molecule has 3 aromatic rings. The third-order valence-electron chi connectivity index (χ3n) is 10.9. The molecule has 2 heteroatoms. The number of allylic oxidation sites excluding steroid dienone is 4. The molecule has 0 N–H and O–H groups in total. The Morgan fingerprint density at radius 1 is 0.791 bits per heavy atom. The lowest BCUT2D eigenvalue weighted by Gasteiger charge is -2.41. The summed E-state index contributed by atoms with van der Waals surface area (Å²) in [5.41, 5.74) is 10.4. The van der Waals surface area contributed by atoms with Crippen LogP contribution in [0.2, 0.25) is 0 Å². The smallest absolute Gasteiger partial charge is 0.289 e. The van der Waals surface area contributed by atoms with Gasteiger partial charge in [-0.05, 0) is 115 Å². The Labute approximate surface area is 260 Å². The molecule has 0 fully saturated rings. The Balaban J connectivity index is 1.15. The van der Waals surface area contributed by atoms with E-state index < -0.39 is 8.32 Å². The first-order chi connectivity index (χ1) is 21.2. The Bertz CT molecular complexity index is 1450. The number of rotatable bonds is 10. The van der Waals surface area contributed by atoms with Crippen molar-refractivity contribution in [2.45, 2.75) is 89.6 Å². The van der Waals surface area contributed by atoms with Crippen LogP contribution in [0.1, 0.15) is 84.0 Å². The minimum Gasteiger partial charge on any atom is -0.394 e. The molecule has 0 aliphatic heterocycles. The molecule has 3 aromatic carbocycles. The monoisotopic (exact) mass is 582 g/mol. The highest BCUT2D eigenvalue weighted by atomic mass is 28.4. The number of benzene rings is 3. The van der Waals surface area contributed by atoms with Crippen molar-refractivity contribution in [3.8, 4) is 0 Å². The Kier molecular flexibility index (Phi) is 8.28. The van der Waals surface area contributed by atoms with Crippen LogP contribution in [0.25, 0.3) is 0 Å². The average Bonchev–Trinajstić information content (AvgIpc) is 3.69. The van der Waals surface area contributed by atoms with Crippen molar-refractivity contribution in [2.24, 2.45) is 11.8 Å². The minimum atomic E-state index is -2.81. The highest BCUT2D eigenvalue weighted by molar-refractivity contribution is 7.07. The first-order valence-electron chi connectivity index (χ1n) is 16.9. The number of fused-ring (bicyclic) bond motifs is 1. The van der Waals surface area contributed by atoms with Crippen LogP contribution >= 0.6 is 0 Å². The van der Waals surface area contributed by atoms with Crippen molar-refractivity contribution in [1.29, 1.82) is 0 Å². The van der Waals surface area contributed by atoms with Crippen LogP contribution in [0.3, 0.4) is 0 Å². The third-order valence-corrected chi connectivity index (χ3v) is 15.0. The highest BCUT2D eigenvalue weighted by Crippen LogP contribution is 2.51. The van der Waals surface area contributed by atoms with Gasteiger partial charge in [0.05, 0.1) is 5.60 Å². The summed E-state index contributed by atoms with van der Waals surface area (Å²) in [6, 6.07) is 33.1. The maximum atomic E-state index is 7.78. The first kappa shape index (κ1) is 28.6. The SMILES string of the molecule is CC(CCCC1(O[Si](c2ccccc2)(c2ccccc2)c2ccccc2)C=C=CC1)C1CCCC2=C1CC1=C2CCCC1. The van der Waals surface area contributed by atoms with Gasteiger partial charge in [-0.25, -0.2) is 0 Å². The molecule has 0 bridgehead atoms. The zero-order chi connectivity index (χ0) is 29.1. The van der Waals surface area contributed by atoms with Crippen molar-refractivity contribution in [3.63, 3.8) is 0 Å². The van der Waals surface area contributed by atoms with E-state index in [0.29, 0.717) is 0 Å². The van der Waals surface area contributed by atoms with Gasteiger partial charge in [0.15, 0.2) is 0 Å². The lowest BCUT2D eigenvalue weighted by Crippen LogP contribution is -2.71. The first-order valence-corrected chi connectivity index (χ1v) is 18.8. The van der Waals surface area contributed by atoms with Crippen LogP contribution in [0.5, 0.6) is 0 Å². The molecule has 0 amide bonds. The maximum absolute atomic E-state index is 7.78. The summed E-state index contributed by atoms with van der Waals surface area (Å²) < 4.78 is 7.78. The van der Waals surface area contributed by atoms with E-state index in [1.165, 1.54) is 79.8 Å². The van der Waals surface area contributed by atoms with E-state index in [0.717, 1.165) is 24.7 Å². The van der Waals surface area contributed by atoms with E-state index in [2.05, 4.69) is 116 Å². The molecule has 4 aliphatic rings. The molecule has 0 spiro atoms. The molecular formula is C41H46OSi. The van der Waals surface area contributed by atoms with Crippen LogP contribution in [0.4, 0.5) is 0 Å². The summed E-state index contributed by atoms with van der Waals surface area (Å²) in [5.74, 6) is 1.50. The zero-order valence-electron chi connectivity index (χ0n) is 25.9. The van der Waals surface area contributed by atoms with Gasteiger partial charge in [0.25, 0.3) is 8.32 Å². The molecule has 0 radical (unpaired) electrons. The largest absolute Gasteiger partial charge is 0.394 e. The lowest BCUT2D eigenvalue weighted by atomic mass is 9.74. The fraction of sp³-hybridized carbons (Fsp3) is 0.390. The van der Waals surface area contributed by atoms with Crippen LogP contribution < -0.4 is 15.6 Å². The molecule has 43 heavy (non-hydrogen) atoms. The highest BCUT2D eigenvalue weighted by Gasteiger charge is 2.48. The molecule has 3 unspecified atom stereocenters. The van der Waals surface area contributed by atoms with E-state index >= 15 is 0 Å². The van der Waals surface area contributed by atoms with E-state index in [-0.39, 0.29) is 5.60 Å². The third kappa shape index (κ3) is 5.51. The maximum Gasteiger partial charge on any atom is 0.289 e. The molecule has 0 heterocycles. The fourth-order valence-electron chi connectivity index (χ4n) is 8.75. The summed E-state index contributed by atoms with van der Waals surface area (Å²) in [5, 5.41) is 3.92. The van der Waals surface area contributed by atoms with E-state index in [4.69, 9.17) is 4.43 Å². The summed E-state index contributed by atoms with van der Waals surface area (Å²) in [6.07, 6.45) is 19.8. The Hall–Kier alpha value is -3.16. The van der Waals surface area contributed by atoms with E-state index in [1.54, 1.807) is 5.57 Å². The quantitative estimate of drug-likeness (QED) is 0.132. The summed E-state index contributed by atoms with van der Waals surface area (Å²) in [7, 11) is -2.81. The van der Waals surface area contributed by atoms with E-state index in [1.807, 2.05) is 16.7 Å². The molecule has 0 saturated heterocycles. The number of hydrogen-bond donors (Lipinski definition) is 0. The zero-order valence-corrected chi connectivity index (χ0v) is 26.9.